The predicted octanol–water partition coefficient (Wildman–Crippen LogP) is 2.87. The van der Waals surface area contributed by atoms with Gasteiger partial charge < -0.3 is 19.7 Å². The van der Waals surface area contributed by atoms with E-state index < -0.39 is 0 Å². The number of amides is 2. The lowest BCUT2D eigenvalue weighted by Crippen LogP contribution is -2.27. The van der Waals surface area contributed by atoms with Crippen molar-refractivity contribution in [1.82, 2.24) is 10.2 Å². The zero-order valence-corrected chi connectivity index (χ0v) is 15.7. The first-order chi connectivity index (χ1) is 13.1. The minimum atomic E-state index is -0.230. The van der Waals surface area contributed by atoms with Gasteiger partial charge in [0.15, 0.2) is 0 Å². The highest BCUT2D eigenvalue weighted by molar-refractivity contribution is 5.97. The molecule has 0 saturated carbocycles. The molecule has 1 aliphatic rings. The molecule has 0 radical (unpaired) electrons. The van der Waals surface area contributed by atoms with E-state index in [0.29, 0.717) is 29.2 Å². The number of hydrogen-bond acceptors (Lipinski definition) is 4. The highest BCUT2D eigenvalue weighted by Crippen LogP contribution is 2.24. The zero-order chi connectivity index (χ0) is 19.2. The Hall–Kier alpha value is -3.02. The van der Waals surface area contributed by atoms with Crippen LogP contribution in [0.15, 0.2) is 42.5 Å². The molecule has 142 valence electrons. The highest BCUT2D eigenvalue weighted by atomic mass is 16.5. The quantitative estimate of drug-likeness (QED) is 0.851. The maximum atomic E-state index is 12.5. The van der Waals surface area contributed by atoms with Crippen molar-refractivity contribution < 1.29 is 19.1 Å². The molecule has 27 heavy (non-hydrogen) atoms. The molecule has 2 aromatic rings. The summed E-state index contributed by atoms with van der Waals surface area (Å²) in [5.41, 5.74) is 2.05. The van der Waals surface area contributed by atoms with Crippen LogP contribution in [-0.2, 0) is 6.54 Å². The summed E-state index contributed by atoms with van der Waals surface area (Å²) in [5.74, 6) is 0.929. The SMILES string of the molecule is COc1ccc(C(=O)NCc2ccc(C(=O)N3CCCC3)cc2)c(OC)c1. The van der Waals surface area contributed by atoms with Crippen LogP contribution in [0.2, 0.25) is 0 Å². The molecule has 0 aromatic heterocycles. The van der Waals surface area contributed by atoms with Crippen molar-refractivity contribution in [1.29, 1.82) is 0 Å². The number of hydrogen-bond donors (Lipinski definition) is 1. The number of likely N-dealkylation sites (tertiary alicyclic amines) is 1. The smallest absolute Gasteiger partial charge is 0.255 e. The monoisotopic (exact) mass is 368 g/mol. The molecule has 0 atom stereocenters. The molecule has 0 spiro atoms. The number of methoxy groups -OCH3 is 2. The molecule has 6 heteroatoms. The van der Waals surface area contributed by atoms with E-state index in [1.54, 1.807) is 25.3 Å². The lowest BCUT2D eigenvalue weighted by Gasteiger charge is -2.15. The molecular weight excluding hydrogens is 344 g/mol. The second-order valence-corrected chi connectivity index (χ2v) is 6.45. The Morgan fingerprint density at radius 2 is 1.70 bits per heavy atom. The van der Waals surface area contributed by atoms with E-state index in [4.69, 9.17) is 9.47 Å². The van der Waals surface area contributed by atoms with Crippen molar-refractivity contribution in [3.63, 3.8) is 0 Å². The van der Waals surface area contributed by atoms with E-state index >= 15 is 0 Å². The normalized spacial score (nSPS) is 13.3. The Kier molecular flexibility index (Phi) is 5.96. The molecule has 0 bridgehead atoms. The van der Waals surface area contributed by atoms with Crippen molar-refractivity contribution >= 4 is 11.8 Å². The highest BCUT2D eigenvalue weighted by Gasteiger charge is 2.19. The minimum Gasteiger partial charge on any atom is -0.497 e. The number of carbonyl (C=O) groups excluding carboxylic acids is 2. The van der Waals surface area contributed by atoms with Crippen LogP contribution in [0.4, 0.5) is 0 Å². The van der Waals surface area contributed by atoms with Gasteiger partial charge in [-0.2, -0.15) is 0 Å². The maximum absolute atomic E-state index is 12.5. The Morgan fingerprint density at radius 3 is 2.33 bits per heavy atom. The standard InChI is InChI=1S/C21H24N2O4/c1-26-17-9-10-18(19(13-17)27-2)20(24)22-14-15-5-7-16(8-6-15)21(25)23-11-3-4-12-23/h5-10,13H,3-4,11-12,14H2,1-2H3,(H,22,24). The fourth-order valence-electron chi connectivity index (χ4n) is 3.13. The summed E-state index contributed by atoms with van der Waals surface area (Å²) in [6.07, 6.45) is 2.15. The Bertz CT molecular complexity index is 811. The molecule has 1 fully saturated rings. The number of nitrogens with one attached hydrogen (secondary N) is 1. The van der Waals surface area contributed by atoms with Crippen molar-refractivity contribution in [3.8, 4) is 11.5 Å². The predicted molar refractivity (Wildman–Crippen MR) is 102 cm³/mol. The van der Waals surface area contributed by atoms with Gasteiger partial charge in [0.1, 0.15) is 11.5 Å². The second-order valence-electron chi connectivity index (χ2n) is 6.45. The summed E-state index contributed by atoms with van der Waals surface area (Å²) in [7, 11) is 3.08. The van der Waals surface area contributed by atoms with Crippen LogP contribution >= 0.6 is 0 Å². The van der Waals surface area contributed by atoms with Gasteiger partial charge >= 0.3 is 0 Å². The number of ether oxygens (including phenoxy) is 2. The summed E-state index contributed by atoms with van der Waals surface area (Å²) in [4.78, 5) is 26.7. The van der Waals surface area contributed by atoms with E-state index in [1.807, 2.05) is 29.2 Å². The molecular formula is C21H24N2O4. The van der Waals surface area contributed by atoms with Gasteiger partial charge in [0.05, 0.1) is 19.8 Å². The summed E-state index contributed by atoms with van der Waals surface area (Å²) >= 11 is 0. The van der Waals surface area contributed by atoms with Gasteiger partial charge in [-0.3, -0.25) is 9.59 Å². The molecule has 1 aliphatic heterocycles. The van der Waals surface area contributed by atoms with Gasteiger partial charge in [-0.15, -0.1) is 0 Å². The van der Waals surface area contributed by atoms with Crippen LogP contribution in [0, 0.1) is 0 Å². The molecule has 1 heterocycles. The van der Waals surface area contributed by atoms with Gasteiger partial charge in [0.2, 0.25) is 0 Å². The van der Waals surface area contributed by atoms with Crippen LogP contribution < -0.4 is 14.8 Å². The van der Waals surface area contributed by atoms with E-state index in [-0.39, 0.29) is 11.8 Å². The van der Waals surface area contributed by atoms with Gasteiger partial charge in [0.25, 0.3) is 11.8 Å². The summed E-state index contributed by atoms with van der Waals surface area (Å²) in [6, 6.07) is 12.4. The largest absolute Gasteiger partial charge is 0.497 e. The topological polar surface area (TPSA) is 67.9 Å². The van der Waals surface area contributed by atoms with Crippen LogP contribution in [0.1, 0.15) is 39.1 Å². The first-order valence-corrected chi connectivity index (χ1v) is 9.01. The average molecular weight is 368 g/mol. The second kappa shape index (κ2) is 8.58. The van der Waals surface area contributed by atoms with Gasteiger partial charge in [-0.05, 0) is 42.7 Å². The molecule has 3 rings (SSSR count). The summed E-state index contributed by atoms with van der Waals surface area (Å²) in [5, 5.41) is 2.88. The minimum absolute atomic E-state index is 0.0751. The third-order valence-corrected chi connectivity index (χ3v) is 4.70. The fourth-order valence-corrected chi connectivity index (χ4v) is 3.13. The molecule has 2 aromatic carbocycles. The Morgan fingerprint density at radius 1 is 1.00 bits per heavy atom. The van der Waals surface area contributed by atoms with Crippen LogP contribution in [0.5, 0.6) is 11.5 Å². The van der Waals surface area contributed by atoms with Crippen molar-refractivity contribution in [2.45, 2.75) is 19.4 Å². The van der Waals surface area contributed by atoms with Crippen molar-refractivity contribution in [2.75, 3.05) is 27.3 Å². The Balaban J connectivity index is 1.61. The maximum Gasteiger partial charge on any atom is 0.255 e. The zero-order valence-electron chi connectivity index (χ0n) is 15.7. The fraction of sp³-hybridized carbons (Fsp3) is 0.333. The number of benzene rings is 2. The lowest BCUT2D eigenvalue weighted by molar-refractivity contribution is 0.0792. The number of rotatable bonds is 6. The van der Waals surface area contributed by atoms with Crippen LogP contribution in [0.25, 0.3) is 0 Å². The third-order valence-electron chi connectivity index (χ3n) is 4.70. The Labute approximate surface area is 159 Å². The summed E-state index contributed by atoms with van der Waals surface area (Å²) < 4.78 is 10.4. The van der Waals surface area contributed by atoms with Crippen LogP contribution in [-0.4, -0.2) is 44.0 Å². The van der Waals surface area contributed by atoms with Crippen LogP contribution in [0.3, 0.4) is 0 Å². The summed E-state index contributed by atoms with van der Waals surface area (Å²) in [6.45, 7) is 2.03. The third kappa shape index (κ3) is 4.39. The van der Waals surface area contributed by atoms with Gasteiger partial charge in [-0.25, -0.2) is 0 Å². The van der Waals surface area contributed by atoms with Gasteiger partial charge in [-0.1, -0.05) is 12.1 Å². The first-order valence-electron chi connectivity index (χ1n) is 9.01. The number of carbonyl (C=O) groups is 2. The number of nitrogens with zero attached hydrogens (tertiary/aromatic N) is 1. The molecule has 6 nitrogen and oxygen atoms in total. The molecule has 0 aliphatic carbocycles. The molecule has 2 amide bonds. The van der Waals surface area contributed by atoms with E-state index in [9.17, 15) is 9.59 Å². The van der Waals surface area contributed by atoms with E-state index in [2.05, 4.69) is 5.32 Å². The van der Waals surface area contributed by atoms with Crippen molar-refractivity contribution in [2.24, 2.45) is 0 Å². The molecule has 0 unspecified atom stereocenters. The average Bonchev–Trinajstić information content (AvgIpc) is 3.26. The van der Waals surface area contributed by atoms with Crippen molar-refractivity contribution in [3.05, 3.63) is 59.2 Å². The molecule has 1 saturated heterocycles. The lowest BCUT2D eigenvalue weighted by atomic mass is 10.1. The van der Waals surface area contributed by atoms with E-state index in [0.717, 1.165) is 31.5 Å². The van der Waals surface area contributed by atoms with E-state index in [1.165, 1.54) is 7.11 Å². The molecule has 1 N–H and O–H groups in total. The first kappa shape index (κ1) is 18.8. The van der Waals surface area contributed by atoms with Gasteiger partial charge in [0, 0.05) is 31.3 Å².